The van der Waals surface area contributed by atoms with E-state index in [0.29, 0.717) is 12.3 Å². The summed E-state index contributed by atoms with van der Waals surface area (Å²) in [6.45, 7) is 0.700. The minimum absolute atomic E-state index is 0.0481. The molecule has 0 aliphatic carbocycles. The number of hydrogen-bond donors (Lipinski definition) is 0. The molecule has 112 valence electrons. The van der Waals surface area contributed by atoms with Gasteiger partial charge in [0.25, 0.3) is 5.91 Å². The van der Waals surface area contributed by atoms with Crippen LogP contribution in [0.3, 0.4) is 0 Å². The van der Waals surface area contributed by atoms with Crippen molar-refractivity contribution < 1.29 is 9.21 Å². The largest absolute Gasteiger partial charge is 0.438 e. The summed E-state index contributed by atoms with van der Waals surface area (Å²) in [7, 11) is 0. The number of nitrogens with zero attached hydrogens (tertiary/aromatic N) is 5. The monoisotopic (exact) mass is 297 g/mol. The molecule has 1 atom stereocenters. The van der Waals surface area contributed by atoms with Crippen LogP contribution in [0.1, 0.15) is 41.6 Å². The van der Waals surface area contributed by atoms with Crippen molar-refractivity contribution in [1.82, 2.24) is 24.3 Å². The first-order chi connectivity index (χ1) is 10.8. The van der Waals surface area contributed by atoms with Crippen molar-refractivity contribution >= 4 is 11.7 Å². The maximum atomic E-state index is 12.6. The molecule has 1 aliphatic rings. The number of aromatic nitrogens is 4. The van der Waals surface area contributed by atoms with Crippen LogP contribution in [-0.4, -0.2) is 36.7 Å². The van der Waals surface area contributed by atoms with Crippen LogP contribution in [-0.2, 0) is 0 Å². The first-order valence-electron chi connectivity index (χ1n) is 7.32. The molecule has 0 spiro atoms. The third-order valence-corrected chi connectivity index (χ3v) is 4.03. The van der Waals surface area contributed by atoms with Crippen molar-refractivity contribution in [3.63, 3.8) is 0 Å². The smallest absolute Gasteiger partial charge is 0.291 e. The standard InChI is InChI=1S/C15H15N5O2/c21-14(13-9-16-10-22-13)20-6-2-1-3-12(20)11-4-7-19-8-5-17-15(19)18-11/h4-5,7-10,12H,1-3,6H2. The summed E-state index contributed by atoms with van der Waals surface area (Å²) in [6.07, 6.45) is 11.2. The SMILES string of the molecule is O=C(c1cnco1)N1CCCCC1c1ccn2ccnc2n1. The second-order valence-electron chi connectivity index (χ2n) is 5.36. The predicted molar refractivity (Wildman–Crippen MR) is 77.1 cm³/mol. The van der Waals surface area contributed by atoms with Gasteiger partial charge in [0.1, 0.15) is 0 Å². The van der Waals surface area contributed by atoms with Crippen LogP contribution < -0.4 is 0 Å². The fourth-order valence-corrected chi connectivity index (χ4v) is 2.95. The van der Waals surface area contributed by atoms with Crippen molar-refractivity contribution in [2.24, 2.45) is 0 Å². The second kappa shape index (κ2) is 5.25. The molecule has 0 aromatic carbocycles. The molecule has 4 rings (SSSR count). The van der Waals surface area contributed by atoms with Crippen LogP contribution in [0.5, 0.6) is 0 Å². The highest BCUT2D eigenvalue weighted by atomic mass is 16.3. The number of carbonyl (C=O) groups excluding carboxylic acids is 1. The lowest BCUT2D eigenvalue weighted by Crippen LogP contribution is -2.38. The molecule has 1 saturated heterocycles. The van der Waals surface area contributed by atoms with E-state index in [1.807, 2.05) is 27.8 Å². The van der Waals surface area contributed by atoms with E-state index < -0.39 is 0 Å². The Hall–Kier alpha value is -2.70. The van der Waals surface area contributed by atoms with Gasteiger partial charge in [-0.2, -0.15) is 0 Å². The molecular formula is C15H15N5O2. The first kappa shape index (κ1) is 13.0. The number of carbonyl (C=O) groups is 1. The highest BCUT2D eigenvalue weighted by Gasteiger charge is 2.31. The van der Waals surface area contributed by atoms with E-state index in [1.165, 1.54) is 12.6 Å². The molecule has 4 heterocycles. The minimum Gasteiger partial charge on any atom is -0.438 e. The van der Waals surface area contributed by atoms with Gasteiger partial charge in [0.2, 0.25) is 11.5 Å². The molecular weight excluding hydrogens is 282 g/mol. The maximum absolute atomic E-state index is 12.6. The lowest BCUT2D eigenvalue weighted by molar-refractivity contribution is 0.0573. The maximum Gasteiger partial charge on any atom is 0.291 e. The zero-order valence-corrected chi connectivity index (χ0v) is 11.9. The molecule has 3 aromatic rings. The zero-order valence-electron chi connectivity index (χ0n) is 11.9. The third-order valence-electron chi connectivity index (χ3n) is 4.03. The Kier molecular flexibility index (Phi) is 3.10. The summed E-state index contributed by atoms with van der Waals surface area (Å²) in [6, 6.07) is 1.90. The van der Waals surface area contributed by atoms with E-state index in [4.69, 9.17) is 4.42 Å². The van der Waals surface area contributed by atoms with E-state index in [2.05, 4.69) is 15.0 Å². The first-order valence-corrected chi connectivity index (χ1v) is 7.32. The number of hydrogen-bond acceptors (Lipinski definition) is 5. The number of piperidine rings is 1. The molecule has 0 N–H and O–H groups in total. The quantitative estimate of drug-likeness (QED) is 0.724. The minimum atomic E-state index is -0.132. The Morgan fingerprint density at radius 3 is 3.14 bits per heavy atom. The molecule has 7 nitrogen and oxygen atoms in total. The molecule has 1 fully saturated rings. The molecule has 0 bridgehead atoms. The van der Waals surface area contributed by atoms with Gasteiger partial charge in [0.15, 0.2) is 6.39 Å². The fraction of sp³-hybridized carbons (Fsp3) is 0.333. The van der Waals surface area contributed by atoms with E-state index in [1.54, 1.807) is 6.20 Å². The summed E-state index contributed by atoms with van der Waals surface area (Å²) in [5, 5.41) is 0. The molecule has 0 radical (unpaired) electrons. The second-order valence-corrected chi connectivity index (χ2v) is 5.36. The van der Waals surface area contributed by atoms with Crippen LogP contribution in [0.4, 0.5) is 0 Å². The lowest BCUT2D eigenvalue weighted by atomic mass is 9.99. The third kappa shape index (κ3) is 2.14. The molecule has 0 saturated carbocycles. The summed E-state index contributed by atoms with van der Waals surface area (Å²) in [4.78, 5) is 27.1. The fourth-order valence-electron chi connectivity index (χ4n) is 2.95. The highest BCUT2D eigenvalue weighted by molar-refractivity contribution is 5.91. The Bertz CT molecular complexity index is 795. The van der Waals surface area contributed by atoms with Crippen molar-refractivity contribution in [2.75, 3.05) is 6.54 Å². The number of rotatable bonds is 2. The van der Waals surface area contributed by atoms with Gasteiger partial charge in [-0.1, -0.05) is 0 Å². The number of fused-ring (bicyclic) bond motifs is 1. The predicted octanol–water partition coefficient (Wildman–Crippen LogP) is 2.08. The molecule has 7 heteroatoms. The Morgan fingerprint density at radius 2 is 2.27 bits per heavy atom. The normalized spacial score (nSPS) is 18.7. The van der Waals surface area contributed by atoms with Crippen molar-refractivity contribution in [3.8, 4) is 0 Å². The van der Waals surface area contributed by atoms with Gasteiger partial charge >= 0.3 is 0 Å². The Labute approximate surface area is 126 Å². The molecule has 22 heavy (non-hydrogen) atoms. The molecule has 3 aromatic heterocycles. The van der Waals surface area contributed by atoms with Gasteiger partial charge < -0.3 is 9.32 Å². The van der Waals surface area contributed by atoms with Gasteiger partial charge in [-0.05, 0) is 25.3 Å². The van der Waals surface area contributed by atoms with E-state index in [9.17, 15) is 4.79 Å². The van der Waals surface area contributed by atoms with E-state index in [0.717, 1.165) is 25.0 Å². The van der Waals surface area contributed by atoms with E-state index in [-0.39, 0.29) is 17.7 Å². The summed E-state index contributed by atoms with van der Waals surface area (Å²) in [5.74, 6) is 0.788. The number of likely N-dealkylation sites (tertiary alicyclic amines) is 1. The summed E-state index contributed by atoms with van der Waals surface area (Å²) >= 11 is 0. The van der Waals surface area contributed by atoms with Crippen molar-refractivity contribution in [2.45, 2.75) is 25.3 Å². The van der Waals surface area contributed by atoms with Gasteiger partial charge in [0.05, 0.1) is 17.9 Å². The molecule has 1 amide bonds. The van der Waals surface area contributed by atoms with Crippen LogP contribution in [0, 0.1) is 0 Å². The van der Waals surface area contributed by atoms with Gasteiger partial charge in [-0.25, -0.2) is 15.0 Å². The zero-order chi connectivity index (χ0) is 14.9. The van der Waals surface area contributed by atoms with Crippen LogP contribution in [0.2, 0.25) is 0 Å². The molecule has 1 unspecified atom stereocenters. The Balaban J connectivity index is 1.69. The molecule has 1 aliphatic heterocycles. The van der Waals surface area contributed by atoms with E-state index >= 15 is 0 Å². The van der Waals surface area contributed by atoms with Crippen LogP contribution >= 0.6 is 0 Å². The van der Waals surface area contributed by atoms with Gasteiger partial charge in [-0.15, -0.1) is 0 Å². The van der Waals surface area contributed by atoms with Crippen molar-refractivity contribution in [1.29, 1.82) is 0 Å². The Morgan fingerprint density at radius 1 is 1.32 bits per heavy atom. The average Bonchev–Trinajstić information content (AvgIpc) is 3.24. The van der Waals surface area contributed by atoms with Gasteiger partial charge in [-0.3, -0.25) is 9.20 Å². The van der Waals surface area contributed by atoms with Gasteiger partial charge in [0, 0.05) is 25.1 Å². The summed E-state index contributed by atoms with van der Waals surface area (Å²) < 4.78 is 7.01. The summed E-state index contributed by atoms with van der Waals surface area (Å²) in [5.41, 5.74) is 0.867. The van der Waals surface area contributed by atoms with Crippen molar-refractivity contribution in [3.05, 3.63) is 48.7 Å². The highest BCUT2D eigenvalue weighted by Crippen LogP contribution is 2.31. The average molecular weight is 297 g/mol. The number of amides is 1. The number of oxazole rings is 1. The van der Waals surface area contributed by atoms with Crippen LogP contribution in [0.25, 0.3) is 5.78 Å². The lowest BCUT2D eigenvalue weighted by Gasteiger charge is -2.34. The topological polar surface area (TPSA) is 76.5 Å². The number of imidazole rings is 1. The van der Waals surface area contributed by atoms with Crippen LogP contribution in [0.15, 0.2) is 41.7 Å².